The lowest BCUT2D eigenvalue weighted by Gasteiger charge is -2.12. The van der Waals surface area contributed by atoms with Crippen LogP contribution in [0.1, 0.15) is 30.8 Å². The van der Waals surface area contributed by atoms with Crippen LogP contribution in [0.15, 0.2) is 30.5 Å². The van der Waals surface area contributed by atoms with Gasteiger partial charge in [-0.3, -0.25) is 0 Å². The first kappa shape index (κ1) is 17.2. The Labute approximate surface area is 140 Å². The monoisotopic (exact) mass is 334 g/mol. The minimum atomic E-state index is -0.540. The molecule has 0 aliphatic heterocycles. The molecule has 1 aromatic heterocycles. The molecule has 5 nitrogen and oxygen atoms in total. The number of carbonyl (C=O) groups excluding carboxylic acids is 1. The van der Waals surface area contributed by atoms with E-state index in [4.69, 9.17) is 21.1 Å². The van der Waals surface area contributed by atoms with Gasteiger partial charge in [-0.05, 0) is 24.5 Å². The molecule has 2 aromatic rings. The van der Waals surface area contributed by atoms with Crippen LogP contribution in [0.3, 0.4) is 0 Å². The van der Waals surface area contributed by atoms with Gasteiger partial charge in [0.25, 0.3) is 0 Å². The first-order valence-electron chi connectivity index (χ1n) is 7.35. The van der Waals surface area contributed by atoms with Crippen molar-refractivity contribution in [2.45, 2.75) is 20.3 Å². The third kappa shape index (κ3) is 4.66. The van der Waals surface area contributed by atoms with Crippen LogP contribution in [-0.2, 0) is 4.74 Å². The van der Waals surface area contributed by atoms with Gasteiger partial charge >= 0.3 is 5.97 Å². The predicted octanol–water partition coefficient (Wildman–Crippen LogP) is 4.01. The molecule has 1 heterocycles. The van der Waals surface area contributed by atoms with E-state index in [1.807, 2.05) is 12.1 Å². The summed E-state index contributed by atoms with van der Waals surface area (Å²) in [6.45, 7) is 4.77. The topological polar surface area (TPSA) is 61.3 Å². The van der Waals surface area contributed by atoms with Crippen molar-refractivity contribution in [1.29, 1.82) is 0 Å². The Morgan fingerprint density at radius 2 is 1.96 bits per heavy atom. The molecule has 0 N–H and O–H groups in total. The second-order valence-corrected chi connectivity index (χ2v) is 5.87. The van der Waals surface area contributed by atoms with E-state index in [0.29, 0.717) is 29.1 Å². The third-order valence-corrected chi connectivity index (χ3v) is 3.44. The molecule has 0 aliphatic rings. The number of aromatic nitrogens is 2. The molecule has 0 saturated carbocycles. The highest BCUT2D eigenvalue weighted by Gasteiger charge is 2.16. The third-order valence-electron chi connectivity index (χ3n) is 3.19. The minimum absolute atomic E-state index is 0.133. The maximum absolute atomic E-state index is 11.7. The number of methoxy groups -OCH3 is 1. The maximum atomic E-state index is 11.7. The summed E-state index contributed by atoms with van der Waals surface area (Å²) in [5, 5.41) is 0.619. The molecule has 0 bridgehead atoms. The summed E-state index contributed by atoms with van der Waals surface area (Å²) >= 11 is 5.92. The number of hydrogen-bond acceptors (Lipinski definition) is 5. The van der Waals surface area contributed by atoms with Gasteiger partial charge in [-0.1, -0.05) is 37.6 Å². The lowest BCUT2D eigenvalue weighted by atomic mass is 10.1. The van der Waals surface area contributed by atoms with Gasteiger partial charge in [0.15, 0.2) is 5.69 Å². The molecular weight excluding hydrogens is 316 g/mol. The molecule has 0 aliphatic carbocycles. The fourth-order valence-electron chi connectivity index (χ4n) is 1.87. The van der Waals surface area contributed by atoms with E-state index >= 15 is 0 Å². The number of nitrogens with zero attached hydrogens (tertiary/aromatic N) is 2. The normalized spacial score (nSPS) is 10.7. The number of ether oxygens (including phenoxy) is 2. The molecule has 2 rings (SSSR count). The zero-order valence-electron chi connectivity index (χ0n) is 13.4. The molecule has 1 aromatic carbocycles. The highest BCUT2D eigenvalue weighted by atomic mass is 35.5. The lowest BCUT2D eigenvalue weighted by Crippen LogP contribution is -2.09. The number of halogens is 1. The Morgan fingerprint density at radius 3 is 2.57 bits per heavy atom. The van der Waals surface area contributed by atoms with E-state index in [9.17, 15) is 4.79 Å². The van der Waals surface area contributed by atoms with Crippen LogP contribution in [0.25, 0.3) is 11.3 Å². The largest absolute Gasteiger partial charge is 0.476 e. The van der Waals surface area contributed by atoms with E-state index < -0.39 is 5.97 Å². The Balaban J connectivity index is 2.36. The molecule has 0 unspecified atom stereocenters. The maximum Gasteiger partial charge on any atom is 0.358 e. The van der Waals surface area contributed by atoms with Crippen molar-refractivity contribution >= 4 is 17.6 Å². The Hall–Kier alpha value is -2.14. The first-order valence-corrected chi connectivity index (χ1v) is 7.73. The molecule has 0 saturated heterocycles. The van der Waals surface area contributed by atoms with Crippen LogP contribution in [0.2, 0.25) is 5.02 Å². The van der Waals surface area contributed by atoms with Gasteiger partial charge < -0.3 is 9.47 Å². The Morgan fingerprint density at radius 1 is 1.26 bits per heavy atom. The van der Waals surface area contributed by atoms with Crippen LogP contribution in [0.5, 0.6) is 5.88 Å². The zero-order valence-corrected chi connectivity index (χ0v) is 14.1. The van der Waals surface area contributed by atoms with Crippen molar-refractivity contribution in [3.8, 4) is 17.1 Å². The van der Waals surface area contributed by atoms with Gasteiger partial charge in [-0.15, -0.1) is 0 Å². The van der Waals surface area contributed by atoms with E-state index in [1.165, 1.54) is 13.3 Å². The predicted molar refractivity (Wildman–Crippen MR) is 88.8 cm³/mol. The fraction of sp³-hybridized carbons (Fsp3) is 0.353. The van der Waals surface area contributed by atoms with Gasteiger partial charge in [0, 0.05) is 10.6 Å². The van der Waals surface area contributed by atoms with Crippen LogP contribution in [-0.4, -0.2) is 29.7 Å². The smallest absolute Gasteiger partial charge is 0.358 e. The summed E-state index contributed by atoms with van der Waals surface area (Å²) in [5.74, 6) is 0.373. The summed E-state index contributed by atoms with van der Waals surface area (Å²) in [4.78, 5) is 20.2. The summed E-state index contributed by atoms with van der Waals surface area (Å²) in [5.41, 5.74) is 1.40. The quantitative estimate of drug-likeness (QED) is 0.747. The second kappa shape index (κ2) is 7.92. The SMILES string of the molecule is COC(=O)c1cnc(OCCC(C)C)c(-c2ccc(Cl)cc2)n1. The van der Waals surface area contributed by atoms with Gasteiger partial charge in [0.1, 0.15) is 5.69 Å². The molecule has 0 amide bonds. The highest BCUT2D eigenvalue weighted by Crippen LogP contribution is 2.27. The lowest BCUT2D eigenvalue weighted by molar-refractivity contribution is 0.0593. The van der Waals surface area contributed by atoms with Gasteiger partial charge in [0.2, 0.25) is 5.88 Å². The highest BCUT2D eigenvalue weighted by molar-refractivity contribution is 6.30. The van der Waals surface area contributed by atoms with E-state index in [2.05, 4.69) is 23.8 Å². The van der Waals surface area contributed by atoms with Gasteiger partial charge in [-0.25, -0.2) is 14.8 Å². The van der Waals surface area contributed by atoms with Crippen LogP contribution in [0.4, 0.5) is 0 Å². The molecular formula is C17H19ClN2O3. The van der Waals surface area contributed by atoms with Crippen molar-refractivity contribution < 1.29 is 14.3 Å². The summed E-state index contributed by atoms with van der Waals surface area (Å²) in [6, 6.07) is 7.12. The van der Waals surface area contributed by atoms with Crippen molar-refractivity contribution in [1.82, 2.24) is 9.97 Å². The number of carbonyl (C=O) groups is 1. The molecule has 6 heteroatoms. The summed E-state index contributed by atoms with van der Waals surface area (Å²) in [6.07, 6.45) is 2.26. The summed E-state index contributed by atoms with van der Waals surface area (Å²) < 4.78 is 10.4. The molecule has 0 fully saturated rings. The number of esters is 1. The molecule has 0 atom stereocenters. The van der Waals surface area contributed by atoms with Crippen LogP contribution < -0.4 is 4.74 Å². The standard InChI is InChI=1S/C17H19ClN2O3/c1-11(2)8-9-23-16-15(12-4-6-13(18)7-5-12)20-14(10-19-16)17(21)22-3/h4-7,10-11H,8-9H2,1-3H3. The fourth-order valence-corrected chi connectivity index (χ4v) is 2.00. The Bertz CT molecular complexity index is 672. The van der Waals surface area contributed by atoms with Crippen molar-refractivity contribution in [3.63, 3.8) is 0 Å². The van der Waals surface area contributed by atoms with Crippen LogP contribution in [0, 0.1) is 5.92 Å². The van der Waals surface area contributed by atoms with Gasteiger partial charge in [-0.2, -0.15) is 0 Å². The molecule has 0 spiro atoms. The molecule has 0 radical (unpaired) electrons. The van der Waals surface area contributed by atoms with Crippen molar-refractivity contribution in [2.75, 3.05) is 13.7 Å². The average Bonchev–Trinajstić information content (AvgIpc) is 2.55. The second-order valence-electron chi connectivity index (χ2n) is 5.44. The van der Waals surface area contributed by atoms with E-state index in [1.54, 1.807) is 12.1 Å². The van der Waals surface area contributed by atoms with Gasteiger partial charge in [0.05, 0.1) is 19.9 Å². The number of hydrogen-bond donors (Lipinski definition) is 0. The number of benzene rings is 1. The summed E-state index contributed by atoms with van der Waals surface area (Å²) in [7, 11) is 1.30. The van der Waals surface area contributed by atoms with Crippen molar-refractivity contribution in [3.05, 3.63) is 41.2 Å². The Kier molecular flexibility index (Phi) is 5.93. The number of rotatable bonds is 6. The molecule has 122 valence electrons. The molecule has 23 heavy (non-hydrogen) atoms. The zero-order chi connectivity index (χ0) is 16.8. The van der Waals surface area contributed by atoms with E-state index in [-0.39, 0.29) is 5.69 Å². The van der Waals surface area contributed by atoms with E-state index in [0.717, 1.165) is 12.0 Å². The van der Waals surface area contributed by atoms with Crippen molar-refractivity contribution in [2.24, 2.45) is 5.92 Å². The average molecular weight is 335 g/mol. The van der Waals surface area contributed by atoms with Crippen LogP contribution >= 0.6 is 11.6 Å². The first-order chi connectivity index (χ1) is 11.0. The minimum Gasteiger partial charge on any atom is -0.476 e.